The van der Waals surface area contributed by atoms with Gasteiger partial charge in [-0.2, -0.15) is 13.2 Å². The molecule has 144 valence electrons. The molecular weight excluding hydrogens is 343 g/mol. The van der Waals surface area contributed by atoms with Gasteiger partial charge in [-0.15, -0.1) is 0 Å². The maximum atomic E-state index is 12.7. The van der Waals surface area contributed by atoms with Crippen molar-refractivity contribution in [2.75, 3.05) is 6.61 Å². The average Bonchev–Trinajstić information content (AvgIpc) is 3.09. The first kappa shape index (κ1) is 19.2. The Balaban J connectivity index is 1.77. The van der Waals surface area contributed by atoms with Crippen LogP contribution in [0, 0.1) is 5.41 Å². The van der Waals surface area contributed by atoms with Crippen LogP contribution < -0.4 is 0 Å². The Morgan fingerprint density at radius 2 is 2.00 bits per heavy atom. The minimum atomic E-state index is -4.20. The number of carbonyl (C=O) groups excluding carboxylic acids is 1. The van der Waals surface area contributed by atoms with Crippen LogP contribution in [0.1, 0.15) is 50.7 Å². The maximum Gasteiger partial charge on any atom is 0.393 e. The van der Waals surface area contributed by atoms with Crippen LogP contribution in [-0.2, 0) is 22.5 Å². The van der Waals surface area contributed by atoms with Crippen LogP contribution in [0.2, 0.25) is 0 Å². The van der Waals surface area contributed by atoms with E-state index in [2.05, 4.69) is 4.90 Å². The molecule has 6 heteroatoms. The fourth-order valence-corrected chi connectivity index (χ4v) is 4.84. The van der Waals surface area contributed by atoms with E-state index in [0.29, 0.717) is 19.2 Å². The van der Waals surface area contributed by atoms with E-state index < -0.39 is 18.0 Å². The number of rotatable bonds is 6. The normalized spacial score (nSPS) is 28.5. The summed E-state index contributed by atoms with van der Waals surface area (Å²) < 4.78 is 43.3. The second-order valence-electron chi connectivity index (χ2n) is 7.47. The maximum absolute atomic E-state index is 12.7. The van der Waals surface area contributed by atoms with Crippen molar-refractivity contribution in [1.29, 1.82) is 0 Å². The van der Waals surface area contributed by atoms with Gasteiger partial charge in [-0.1, -0.05) is 31.2 Å². The molecule has 0 saturated carbocycles. The van der Waals surface area contributed by atoms with Crippen LogP contribution in [0.3, 0.4) is 0 Å². The summed E-state index contributed by atoms with van der Waals surface area (Å²) in [5.74, 6) is -0.120. The Kier molecular flexibility index (Phi) is 5.33. The fraction of sp³-hybridized carbons (Fsp3) is 0.650. The van der Waals surface area contributed by atoms with E-state index in [1.807, 2.05) is 19.9 Å². The first-order valence-electron chi connectivity index (χ1n) is 9.36. The Morgan fingerprint density at radius 3 is 2.65 bits per heavy atom. The van der Waals surface area contributed by atoms with Gasteiger partial charge in [-0.3, -0.25) is 9.69 Å². The number of hydrogen-bond acceptors (Lipinski definition) is 3. The number of alkyl halides is 3. The van der Waals surface area contributed by atoms with Gasteiger partial charge in [0.25, 0.3) is 0 Å². The van der Waals surface area contributed by atoms with Crippen molar-refractivity contribution in [2.45, 2.75) is 70.8 Å². The van der Waals surface area contributed by atoms with Crippen LogP contribution in [0.5, 0.6) is 0 Å². The summed E-state index contributed by atoms with van der Waals surface area (Å²) in [4.78, 5) is 14.9. The van der Waals surface area contributed by atoms with Gasteiger partial charge in [0.05, 0.1) is 18.4 Å². The number of esters is 1. The van der Waals surface area contributed by atoms with Crippen molar-refractivity contribution in [3.05, 3.63) is 35.4 Å². The third kappa shape index (κ3) is 3.61. The van der Waals surface area contributed by atoms with Crippen molar-refractivity contribution in [1.82, 2.24) is 4.90 Å². The lowest BCUT2D eigenvalue weighted by Gasteiger charge is -2.34. The molecule has 3 nitrogen and oxygen atoms in total. The highest BCUT2D eigenvalue weighted by Crippen LogP contribution is 2.52. The molecular formula is C20H26F3NO2. The van der Waals surface area contributed by atoms with E-state index in [0.717, 1.165) is 31.2 Å². The largest absolute Gasteiger partial charge is 0.466 e. The van der Waals surface area contributed by atoms with E-state index in [-0.39, 0.29) is 17.6 Å². The molecule has 0 unspecified atom stereocenters. The summed E-state index contributed by atoms with van der Waals surface area (Å²) in [6.45, 7) is 4.80. The van der Waals surface area contributed by atoms with Crippen molar-refractivity contribution >= 4 is 5.97 Å². The highest BCUT2D eigenvalue weighted by molar-refractivity contribution is 5.78. The van der Waals surface area contributed by atoms with Crippen molar-refractivity contribution in [3.8, 4) is 0 Å². The molecule has 2 heterocycles. The summed E-state index contributed by atoms with van der Waals surface area (Å²) in [6, 6.07) is 7.13. The minimum Gasteiger partial charge on any atom is -0.466 e. The van der Waals surface area contributed by atoms with Crippen molar-refractivity contribution < 1.29 is 22.7 Å². The molecule has 2 aliphatic rings. The smallest absolute Gasteiger partial charge is 0.393 e. The first-order valence-corrected chi connectivity index (χ1v) is 9.36. The molecule has 1 aromatic rings. The molecule has 2 saturated heterocycles. The average molecular weight is 369 g/mol. The molecule has 0 N–H and O–H groups in total. The van der Waals surface area contributed by atoms with Gasteiger partial charge < -0.3 is 4.74 Å². The number of halogens is 3. The zero-order valence-corrected chi connectivity index (χ0v) is 15.3. The van der Waals surface area contributed by atoms with Crippen LogP contribution in [0.4, 0.5) is 13.2 Å². The molecule has 26 heavy (non-hydrogen) atoms. The van der Waals surface area contributed by atoms with Crippen LogP contribution >= 0.6 is 0 Å². The highest BCUT2D eigenvalue weighted by Gasteiger charge is 2.59. The van der Waals surface area contributed by atoms with E-state index >= 15 is 0 Å². The molecule has 2 bridgehead atoms. The van der Waals surface area contributed by atoms with Crippen molar-refractivity contribution in [3.63, 3.8) is 0 Å². The molecule has 0 radical (unpaired) electrons. The number of ether oxygens (including phenoxy) is 1. The van der Waals surface area contributed by atoms with Gasteiger partial charge >= 0.3 is 12.1 Å². The minimum absolute atomic E-state index is 0.114. The third-order valence-electron chi connectivity index (χ3n) is 5.95. The molecule has 3 atom stereocenters. The van der Waals surface area contributed by atoms with Crippen LogP contribution in [-0.4, -0.2) is 35.7 Å². The van der Waals surface area contributed by atoms with Gasteiger partial charge in [-0.05, 0) is 43.7 Å². The molecule has 2 aliphatic heterocycles. The predicted octanol–water partition coefficient (Wildman–Crippen LogP) is 4.49. The van der Waals surface area contributed by atoms with Gasteiger partial charge in [0.15, 0.2) is 0 Å². The fourth-order valence-electron chi connectivity index (χ4n) is 4.84. The van der Waals surface area contributed by atoms with Gasteiger partial charge in [0.2, 0.25) is 0 Å². The Bertz CT molecular complexity index is 661. The summed E-state index contributed by atoms with van der Waals surface area (Å²) in [5.41, 5.74) is 0.691. The van der Waals surface area contributed by atoms with Gasteiger partial charge in [0, 0.05) is 18.6 Å². The number of carbonyl (C=O) groups is 1. The lowest BCUT2D eigenvalue weighted by molar-refractivity contribution is -0.157. The lowest BCUT2D eigenvalue weighted by Crippen LogP contribution is -2.43. The van der Waals surface area contributed by atoms with Gasteiger partial charge in [-0.25, -0.2) is 0 Å². The van der Waals surface area contributed by atoms with Crippen LogP contribution in [0.25, 0.3) is 0 Å². The lowest BCUT2D eigenvalue weighted by atomic mass is 9.72. The topological polar surface area (TPSA) is 29.5 Å². The Labute approximate surface area is 152 Å². The van der Waals surface area contributed by atoms with Gasteiger partial charge in [0.1, 0.15) is 0 Å². The monoisotopic (exact) mass is 369 g/mol. The number of fused-ring (bicyclic) bond motifs is 2. The second-order valence-corrected chi connectivity index (χ2v) is 7.47. The van der Waals surface area contributed by atoms with Crippen LogP contribution in [0.15, 0.2) is 24.3 Å². The molecule has 0 aromatic heterocycles. The zero-order chi connectivity index (χ0) is 18.9. The summed E-state index contributed by atoms with van der Waals surface area (Å²) in [5, 5.41) is 0. The molecule has 0 amide bonds. The molecule has 3 rings (SSSR count). The summed E-state index contributed by atoms with van der Waals surface area (Å²) >= 11 is 0. The van der Waals surface area contributed by atoms with E-state index in [1.165, 1.54) is 6.07 Å². The predicted molar refractivity (Wildman–Crippen MR) is 92.5 cm³/mol. The number of nitrogens with zero attached hydrogens (tertiary/aromatic N) is 1. The quantitative estimate of drug-likeness (QED) is 0.692. The second kappa shape index (κ2) is 7.22. The van der Waals surface area contributed by atoms with E-state index in [9.17, 15) is 18.0 Å². The molecule has 0 aliphatic carbocycles. The Morgan fingerprint density at radius 1 is 1.27 bits per heavy atom. The van der Waals surface area contributed by atoms with Crippen molar-refractivity contribution in [2.24, 2.45) is 5.41 Å². The zero-order valence-electron chi connectivity index (χ0n) is 15.3. The highest BCUT2D eigenvalue weighted by atomic mass is 19.4. The number of hydrogen-bond donors (Lipinski definition) is 0. The standard InChI is InChI=1S/C20H26F3NO2/c1-3-19(18(25)26-4-2)12-16-8-9-17(19)24(16)13-15-7-5-6-14(10-15)11-20(21,22)23/h5-7,10,16-17H,3-4,8-9,11-13H2,1-2H3/t16-,17+,19+/m0/s1. The molecule has 0 spiro atoms. The Hall–Kier alpha value is -1.56. The molecule has 2 fully saturated rings. The van der Waals surface area contributed by atoms with E-state index in [1.54, 1.807) is 12.1 Å². The first-order chi connectivity index (χ1) is 12.3. The summed E-state index contributed by atoms with van der Waals surface area (Å²) in [7, 11) is 0. The third-order valence-corrected chi connectivity index (χ3v) is 5.95. The molecule has 1 aromatic carbocycles. The SMILES string of the molecule is CCOC(=O)[C@]1(CC)C[C@@H]2CC[C@H]1N2Cc1cccc(CC(F)(F)F)c1. The van der Waals surface area contributed by atoms with E-state index in [4.69, 9.17) is 4.74 Å². The summed E-state index contributed by atoms with van der Waals surface area (Å²) in [6.07, 6.45) is -1.61. The number of benzene rings is 1.